The van der Waals surface area contributed by atoms with Gasteiger partial charge in [-0.1, -0.05) is 12.4 Å². The molecule has 11 heteroatoms. The van der Waals surface area contributed by atoms with E-state index in [1.807, 2.05) is 0 Å². The molecule has 0 aliphatic carbocycles. The van der Waals surface area contributed by atoms with E-state index < -0.39 is 9.85 Å². The molecule has 3 rings (SSSR count). The summed E-state index contributed by atoms with van der Waals surface area (Å²) in [6, 6.07) is 4.40. The summed E-state index contributed by atoms with van der Waals surface area (Å²) in [6.45, 7) is 0. The van der Waals surface area contributed by atoms with Crippen molar-refractivity contribution in [1.82, 2.24) is 19.9 Å². The predicted molar refractivity (Wildman–Crippen MR) is 65.9 cm³/mol. The van der Waals surface area contributed by atoms with E-state index in [1.165, 1.54) is 30.9 Å². The fraction of sp³-hybridized carbons (Fsp3) is 0. The number of hydrogen-bond donors (Lipinski definition) is 0. The average molecular weight is 340 g/mol. The van der Waals surface area contributed by atoms with E-state index in [0.717, 1.165) is 0 Å². The van der Waals surface area contributed by atoms with Crippen molar-refractivity contribution in [3.8, 4) is 0 Å². The molecular formula is C10H6N6O4Zn. The Bertz CT molecular complexity index is 741. The first-order valence-electron chi connectivity index (χ1n) is 5.18. The third kappa shape index (κ3) is 4.15. The van der Waals surface area contributed by atoms with E-state index in [4.69, 9.17) is 0 Å². The number of nitrogens with zero attached hydrogens (tertiary/aromatic N) is 6. The molecule has 0 saturated carbocycles. The van der Waals surface area contributed by atoms with Crippen LogP contribution >= 0.6 is 0 Å². The van der Waals surface area contributed by atoms with Crippen LogP contribution in [0, 0.1) is 20.2 Å². The maximum Gasteiger partial charge on any atom is 2.00 e. The topological polar surface area (TPSA) is 140 Å². The van der Waals surface area contributed by atoms with Crippen LogP contribution in [-0.4, -0.2) is 19.8 Å². The zero-order valence-corrected chi connectivity index (χ0v) is 13.5. The maximum atomic E-state index is 10.3. The molecule has 0 bridgehead atoms. The zero-order valence-electron chi connectivity index (χ0n) is 10.5. The standard InChI is InChI=1S/C7H4N3O2.C3H2N3O2.Zn/c11-10(12)5-1-2-6-7(3-5)9-4-8-6;7-6(8)3-4-1-2-5-3;/h1-4H;1-2H;/q2*-1;+2. The van der Waals surface area contributed by atoms with E-state index in [0.29, 0.717) is 11.0 Å². The van der Waals surface area contributed by atoms with Crippen LogP contribution in [0.15, 0.2) is 36.9 Å². The SMILES string of the molecule is O=[N+]([O-])c1ccc2nc[n-]c2c1.O=[N+]([O-])c1ncc[n-]1.[Zn+2]. The molecule has 0 saturated heterocycles. The smallest absolute Gasteiger partial charge is 0.458 e. The van der Waals surface area contributed by atoms with Gasteiger partial charge in [-0.05, 0) is 11.0 Å². The normalized spacial score (nSPS) is 9.33. The van der Waals surface area contributed by atoms with Crippen LogP contribution in [-0.2, 0) is 19.5 Å². The fourth-order valence-electron chi connectivity index (χ4n) is 1.32. The molecule has 0 unspecified atom stereocenters. The molecule has 0 N–H and O–H groups in total. The number of non-ortho nitro benzene ring substituents is 1. The number of nitro benzene ring substituents is 1. The van der Waals surface area contributed by atoms with Gasteiger partial charge in [-0.3, -0.25) is 10.1 Å². The number of imidazole rings is 2. The van der Waals surface area contributed by atoms with E-state index >= 15 is 0 Å². The molecule has 0 fully saturated rings. The molecule has 0 amide bonds. The number of benzene rings is 1. The summed E-state index contributed by atoms with van der Waals surface area (Å²) in [5, 5.41) is 20.1. The summed E-state index contributed by atoms with van der Waals surface area (Å²) in [4.78, 5) is 33.3. The van der Waals surface area contributed by atoms with Gasteiger partial charge in [0.25, 0.3) is 11.6 Å². The molecule has 2 heterocycles. The molecule has 0 aliphatic heterocycles. The third-order valence-electron chi connectivity index (χ3n) is 2.17. The van der Waals surface area contributed by atoms with Crippen LogP contribution in [0.5, 0.6) is 0 Å². The first kappa shape index (κ1) is 16.4. The fourth-order valence-corrected chi connectivity index (χ4v) is 1.32. The molecule has 1 aromatic carbocycles. The van der Waals surface area contributed by atoms with Crippen molar-refractivity contribution in [3.63, 3.8) is 0 Å². The van der Waals surface area contributed by atoms with Gasteiger partial charge in [0, 0.05) is 24.5 Å². The van der Waals surface area contributed by atoms with Gasteiger partial charge in [0.1, 0.15) is 0 Å². The minimum absolute atomic E-state index is 0. The molecule has 102 valence electrons. The average Bonchev–Trinajstić information content (AvgIpc) is 3.10. The predicted octanol–water partition coefficient (Wildman–Crippen LogP) is 1.04. The Morgan fingerprint density at radius 1 is 1.05 bits per heavy atom. The van der Waals surface area contributed by atoms with Crippen LogP contribution in [0.3, 0.4) is 0 Å². The summed E-state index contributed by atoms with van der Waals surface area (Å²) in [7, 11) is 0. The molecule has 0 radical (unpaired) electrons. The molecular weight excluding hydrogens is 334 g/mol. The van der Waals surface area contributed by atoms with E-state index in [9.17, 15) is 20.2 Å². The Morgan fingerprint density at radius 2 is 1.81 bits per heavy atom. The summed E-state index contributed by atoms with van der Waals surface area (Å²) >= 11 is 0. The van der Waals surface area contributed by atoms with Crippen LogP contribution in [0.1, 0.15) is 0 Å². The van der Waals surface area contributed by atoms with E-state index in [-0.39, 0.29) is 31.1 Å². The molecule has 10 nitrogen and oxygen atoms in total. The summed E-state index contributed by atoms with van der Waals surface area (Å²) < 4.78 is 0. The monoisotopic (exact) mass is 338 g/mol. The summed E-state index contributed by atoms with van der Waals surface area (Å²) in [6.07, 6.45) is 3.94. The van der Waals surface area contributed by atoms with Crippen molar-refractivity contribution < 1.29 is 29.3 Å². The van der Waals surface area contributed by atoms with Crippen LogP contribution < -0.4 is 9.97 Å². The van der Waals surface area contributed by atoms with Gasteiger partial charge in [-0.25, -0.2) is 9.97 Å². The third-order valence-corrected chi connectivity index (χ3v) is 2.17. The van der Waals surface area contributed by atoms with Gasteiger partial charge < -0.3 is 20.1 Å². The first-order chi connectivity index (χ1) is 9.58. The second-order valence-corrected chi connectivity index (χ2v) is 3.42. The number of aromatic nitrogens is 4. The Hall–Kier alpha value is -2.68. The van der Waals surface area contributed by atoms with Crippen LogP contribution in [0.2, 0.25) is 0 Å². The minimum atomic E-state index is -0.639. The van der Waals surface area contributed by atoms with Gasteiger partial charge >= 0.3 is 19.5 Å². The zero-order chi connectivity index (χ0) is 14.5. The van der Waals surface area contributed by atoms with Crippen molar-refractivity contribution in [2.45, 2.75) is 0 Å². The van der Waals surface area contributed by atoms with Crippen molar-refractivity contribution in [2.24, 2.45) is 0 Å². The van der Waals surface area contributed by atoms with Crippen molar-refractivity contribution >= 4 is 22.7 Å². The Kier molecular flexibility index (Phi) is 5.61. The minimum Gasteiger partial charge on any atom is -0.458 e. The van der Waals surface area contributed by atoms with E-state index in [1.54, 1.807) is 6.07 Å². The second-order valence-electron chi connectivity index (χ2n) is 3.42. The van der Waals surface area contributed by atoms with Crippen molar-refractivity contribution in [1.29, 1.82) is 0 Å². The Labute approximate surface area is 129 Å². The Balaban J connectivity index is 0.000000216. The maximum absolute atomic E-state index is 10.3. The summed E-state index contributed by atoms with van der Waals surface area (Å²) in [5.41, 5.74) is 1.29. The first-order valence-corrected chi connectivity index (χ1v) is 5.18. The number of hydrogen-bond acceptors (Lipinski definition) is 6. The molecule has 2 aromatic heterocycles. The molecule has 3 aromatic rings. The summed E-state index contributed by atoms with van der Waals surface area (Å²) in [5.74, 6) is -0.343. The van der Waals surface area contributed by atoms with Gasteiger partial charge in [0.05, 0.1) is 4.92 Å². The van der Waals surface area contributed by atoms with Gasteiger partial charge in [-0.15, -0.1) is 0 Å². The largest absolute Gasteiger partial charge is 2.00 e. The van der Waals surface area contributed by atoms with Crippen molar-refractivity contribution in [2.75, 3.05) is 0 Å². The molecule has 21 heavy (non-hydrogen) atoms. The number of rotatable bonds is 2. The van der Waals surface area contributed by atoms with Gasteiger partial charge in [0.2, 0.25) is 0 Å². The molecule has 0 atom stereocenters. The molecule has 0 aliphatic rings. The van der Waals surface area contributed by atoms with Gasteiger partial charge in [0.15, 0.2) is 0 Å². The quantitative estimate of drug-likeness (QED) is 0.383. The number of fused-ring (bicyclic) bond motifs is 1. The number of nitro groups is 2. The molecule has 0 spiro atoms. The van der Waals surface area contributed by atoms with Crippen molar-refractivity contribution in [3.05, 3.63) is 57.1 Å². The van der Waals surface area contributed by atoms with Crippen LogP contribution in [0.25, 0.3) is 11.0 Å². The van der Waals surface area contributed by atoms with Gasteiger partial charge in [-0.2, -0.15) is 4.92 Å². The van der Waals surface area contributed by atoms with Crippen LogP contribution in [0.4, 0.5) is 11.6 Å². The van der Waals surface area contributed by atoms with E-state index in [2.05, 4.69) is 19.9 Å². The Morgan fingerprint density at radius 3 is 2.33 bits per heavy atom. The second kappa shape index (κ2) is 7.20.